The van der Waals surface area contributed by atoms with Gasteiger partial charge in [0.1, 0.15) is 12.1 Å². The molecular formula is C24H33N3O5. The van der Waals surface area contributed by atoms with Crippen molar-refractivity contribution in [3.05, 3.63) is 23.8 Å². The Balaban J connectivity index is 1.47. The van der Waals surface area contributed by atoms with E-state index in [2.05, 4.69) is 10.6 Å². The van der Waals surface area contributed by atoms with E-state index in [9.17, 15) is 14.4 Å². The molecule has 1 saturated heterocycles. The van der Waals surface area contributed by atoms with Gasteiger partial charge in [0, 0.05) is 6.42 Å². The number of hydrogen-bond donors (Lipinski definition) is 2. The molecule has 2 N–H and O–H groups in total. The van der Waals surface area contributed by atoms with Gasteiger partial charge < -0.3 is 20.1 Å². The molecule has 2 aliphatic heterocycles. The molecule has 3 aliphatic rings. The van der Waals surface area contributed by atoms with Gasteiger partial charge in [0.05, 0.1) is 19.3 Å². The molecule has 8 nitrogen and oxygen atoms in total. The van der Waals surface area contributed by atoms with Crippen LogP contribution in [0.25, 0.3) is 0 Å². The maximum absolute atomic E-state index is 13.2. The Bertz CT molecular complexity index is 902. The monoisotopic (exact) mass is 443 g/mol. The van der Waals surface area contributed by atoms with Crippen LogP contribution in [0.3, 0.4) is 0 Å². The average Bonchev–Trinajstić information content (AvgIpc) is 2.92. The Morgan fingerprint density at radius 2 is 1.94 bits per heavy atom. The summed E-state index contributed by atoms with van der Waals surface area (Å²) in [6.07, 6.45) is 4.29. The number of rotatable bonds is 5. The number of hydrogen-bond acceptors (Lipinski definition) is 5. The summed E-state index contributed by atoms with van der Waals surface area (Å²) in [4.78, 5) is 39.8. The Morgan fingerprint density at radius 1 is 1.19 bits per heavy atom. The standard InChI is InChI=1S/C24H33N3O5/c1-15(2)21(17-8-9-18-19(13-17)32-12-6-11-31-18)25-20(28)14-27-22(29)24(26-23(27)30)10-5-4-7-16(24)3/h8-9,13,15-16,21H,4-7,10-12,14H2,1-3H3,(H,25,28)(H,26,30)/t16-,21-,24+/m0/s1. The molecule has 0 aromatic heterocycles. The smallest absolute Gasteiger partial charge is 0.325 e. The molecule has 32 heavy (non-hydrogen) atoms. The van der Waals surface area contributed by atoms with Gasteiger partial charge in [-0.25, -0.2) is 4.79 Å². The number of carbonyl (C=O) groups is 3. The number of carbonyl (C=O) groups excluding carboxylic acids is 3. The van der Waals surface area contributed by atoms with Crippen LogP contribution in [0.4, 0.5) is 4.79 Å². The zero-order valence-corrected chi connectivity index (χ0v) is 19.1. The van der Waals surface area contributed by atoms with Gasteiger partial charge in [-0.2, -0.15) is 0 Å². The Kier molecular flexibility index (Phi) is 6.31. The molecule has 1 spiro atoms. The largest absolute Gasteiger partial charge is 0.490 e. The van der Waals surface area contributed by atoms with Crippen molar-refractivity contribution < 1.29 is 23.9 Å². The number of amides is 4. The van der Waals surface area contributed by atoms with Crippen molar-refractivity contribution >= 4 is 17.8 Å². The molecule has 4 rings (SSSR count). The third-order valence-corrected chi connectivity index (χ3v) is 6.92. The summed E-state index contributed by atoms with van der Waals surface area (Å²) in [5.41, 5.74) is 0.0358. The minimum atomic E-state index is -0.860. The predicted octanol–water partition coefficient (Wildman–Crippen LogP) is 3.16. The van der Waals surface area contributed by atoms with Gasteiger partial charge in [0.2, 0.25) is 5.91 Å². The second-order valence-electron chi connectivity index (χ2n) is 9.49. The molecule has 1 aromatic rings. The fraction of sp³-hybridized carbons (Fsp3) is 0.625. The first kappa shape index (κ1) is 22.4. The maximum Gasteiger partial charge on any atom is 0.325 e. The van der Waals surface area contributed by atoms with Crippen molar-refractivity contribution in [1.29, 1.82) is 0 Å². The van der Waals surface area contributed by atoms with Crippen LogP contribution in [0.2, 0.25) is 0 Å². The van der Waals surface area contributed by atoms with Crippen molar-refractivity contribution in [2.75, 3.05) is 19.8 Å². The number of nitrogens with zero attached hydrogens (tertiary/aromatic N) is 1. The van der Waals surface area contributed by atoms with Crippen LogP contribution < -0.4 is 20.1 Å². The van der Waals surface area contributed by atoms with Gasteiger partial charge >= 0.3 is 6.03 Å². The summed E-state index contributed by atoms with van der Waals surface area (Å²) >= 11 is 0. The zero-order chi connectivity index (χ0) is 22.9. The summed E-state index contributed by atoms with van der Waals surface area (Å²) in [6.45, 7) is 6.94. The molecule has 0 bridgehead atoms. The van der Waals surface area contributed by atoms with E-state index in [0.29, 0.717) is 31.1 Å². The topological polar surface area (TPSA) is 97.0 Å². The average molecular weight is 444 g/mol. The highest BCUT2D eigenvalue weighted by molar-refractivity contribution is 6.09. The highest BCUT2D eigenvalue weighted by Crippen LogP contribution is 2.38. The van der Waals surface area contributed by atoms with E-state index in [0.717, 1.165) is 36.1 Å². The Hall–Kier alpha value is -2.77. The molecule has 2 heterocycles. The summed E-state index contributed by atoms with van der Waals surface area (Å²) in [5.74, 6) is 0.886. The van der Waals surface area contributed by atoms with E-state index in [1.807, 2.05) is 39.0 Å². The Morgan fingerprint density at radius 3 is 2.66 bits per heavy atom. The zero-order valence-electron chi connectivity index (χ0n) is 19.1. The van der Waals surface area contributed by atoms with Gasteiger partial charge in [-0.05, 0) is 42.4 Å². The summed E-state index contributed by atoms with van der Waals surface area (Å²) < 4.78 is 11.5. The molecular weight excluding hydrogens is 410 g/mol. The lowest BCUT2D eigenvalue weighted by atomic mass is 9.73. The van der Waals surface area contributed by atoms with Crippen LogP contribution in [-0.4, -0.2) is 48.0 Å². The second-order valence-corrected chi connectivity index (χ2v) is 9.49. The normalized spacial score (nSPS) is 26.1. The summed E-state index contributed by atoms with van der Waals surface area (Å²) in [6, 6.07) is 4.92. The van der Waals surface area contributed by atoms with Crippen molar-refractivity contribution in [2.24, 2.45) is 11.8 Å². The summed E-state index contributed by atoms with van der Waals surface area (Å²) in [5, 5.41) is 5.92. The molecule has 4 amide bonds. The molecule has 8 heteroatoms. The molecule has 1 aliphatic carbocycles. The third kappa shape index (κ3) is 4.14. The van der Waals surface area contributed by atoms with Crippen LogP contribution in [0.5, 0.6) is 11.5 Å². The molecule has 1 aromatic carbocycles. The molecule has 174 valence electrons. The van der Waals surface area contributed by atoms with Crippen molar-refractivity contribution in [3.63, 3.8) is 0 Å². The first-order chi connectivity index (χ1) is 15.3. The third-order valence-electron chi connectivity index (χ3n) is 6.92. The molecule has 0 radical (unpaired) electrons. The molecule has 3 atom stereocenters. The van der Waals surface area contributed by atoms with Gasteiger partial charge in [-0.3, -0.25) is 14.5 Å². The minimum absolute atomic E-state index is 0.0611. The predicted molar refractivity (Wildman–Crippen MR) is 118 cm³/mol. The van der Waals surface area contributed by atoms with E-state index in [1.165, 1.54) is 0 Å². The van der Waals surface area contributed by atoms with E-state index in [-0.39, 0.29) is 36.2 Å². The molecule has 2 fully saturated rings. The van der Waals surface area contributed by atoms with E-state index in [4.69, 9.17) is 9.47 Å². The van der Waals surface area contributed by atoms with Crippen molar-refractivity contribution in [3.8, 4) is 11.5 Å². The van der Waals surface area contributed by atoms with E-state index in [1.54, 1.807) is 0 Å². The van der Waals surface area contributed by atoms with E-state index < -0.39 is 11.6 Å². The molecule has 1 saturated carbocycles. The number of urea groups is 1. The summed E-state index contributed by atoms with van der Waals surface area (Å²) in [7, 11) is 0. The Labute approximate surface area is 189 Å². The number of ether oxygens (including phenoxy) is 2. The first-order valence-electron chi connectivity index (χ1n) is 11.6. The lowest BCUT2D eigenvalue weighted by Gasteiger charge is -2.36. The molecule has 0 unspecified atom stereocenters. The lowest BCUT2D eigenvalue weighted by molar-refractivity contribution is -0.137. The fourth-order valence-electron chi connectivity index (χ4n) is 5.01. The number of fused-ring (bicyclic) bond motifs is 1. The van der Waals surface area contributed by atoms with Crippen LogP contribution in [0.15, 0.2) is 18.2 Å². The van der Waals surface area contributed by atoms with Crippen LogP contribution in [-0.2, 0) is 9.59 Å². The first-order valence-corrected chi connectivity index (χ1v) is 11.6. The van der Waals surface area contributed by atoms with Gasteiger partial charge in [-0.1, -0.05) is 39.7 Å². The number of imide groups is 1. The van der Waals surface area contributed by atoms with Crippen LogP contribution in [0.1, 0.15) is 64.5 Å². The maximum atomic E-state index is 13.2. The quantitative estimate of drug-likeness (QED) is 0.682. The van der Waals surface area contributed by atoms with Gasteiger partial charge in [0.25, 0.3) is 5.91 Å². The van der Waals surface area contributed by atoms with Gasteiger partial charge in [0.15, 0.2) is 11.5 Å². The fourth-order valence-corrected chi connectivity index (χ4v) is 5.01. The highest BCUT2D eigenvalue weighted by atomic mass is 16.5. The van der Waals surface area contributed by atoms with Crippen molar-refractivity contribution in [2.45, 2.75) is 64.5 Å². The van der Waals surface area contributed by atoms with E-state index >= 15 is 0 Å². The highest BCUT2D eigenvalue weighted by Gasteiger charge is 2.55. The lowest BCUT2D eigenvalue weighted by Crippen LogP contribution is -2.54. The van der Waals surface area contributed by atoms with Gasteiger partial charge in [-0.15, -0.1) is 0 Å². The van der Waals surface area contributed by atoms with Crippen LogP contribution >= 0.6 is 0 Å². The van der Waals surface area contributed by atoms with Crippen molar-refractivity contribution in [1.82, 2.24) is 15.5 Å². The number of nitrogens with one attached hydrogen (secondary N) is 2. The SMILES string of the molecule is CC(C)[C@H](NC(=O)CN1C(=O)N[C@@]2(CCCC[C@@H]2C)C1=O)c1ccc2c(c1)OCCCO2. The minimum Gasteiger partial charge on any atom is -0.490 e. The second kappa shape index (κ2) is 9.00. The van der Waals surface area contributed by atoms with Crippen LogP contribution in [0, 0.1) is 11.8 Å². The number of benzene rings is 1.